The van der Waals surface area contributed by atoms with Gasteiger partial charge in [-0.15, -0.1) is 0 Å². The van der Waals surface area contributed by atoms with Crippen molar-refractivity contribution in [1.82, 2.24) is 9.80 Å². The zero-order chi connectivity index (χ0) is 15.1. The lowest BCUT2D eigenvalue weighted by atomic mass is 10.0. The van der Waals surface area contributed by atoms with E-state index in [9.17, 15) is 0 Å². The average Bonchev–Trinajstić information content (AvgIpc) is 2.38. The maximum Gasteiger partial charge on any atom is 0.123 e. The zero-order valence-corrected chi connectivity index (χ0v) is 13.5. The first-order valence-electron chi connectivity index (χ1n) is 7.19. The van der Waals surface area contributed by atoms with Crippen LogP contribution in [0.5, 0.6) is 5.75 Å². The molecule has 0 bridgehead atoms. The van der Waals surface area contributed by atoms with Gasteiger partial charge >= 0.3 is 0 Å². The Balaban J connectivity index is 2.66. The number of methoxy groups -OCH3 is 1. The zero-order valence-electron chi connectivity index (χ0n) is 13.5. The molecule has 0 fully saturated rings. The van der Waals surface area contributed by atoms with Crippen LogP contribution in [0.2, 0.25) is 0 Å². The van der Waals surface area contributed by atoms with E-state index < -0.39 is 0 Å². The van der Waals surface area contributed by atoms with Crippen LogP contribution in [0, 0.1) is 0 Å². The normalized spacial score (nSPS) is 13.0. The first kappa shape index (κ1) is 17.0. The molecule has 0 heterocycles. The molecule has 20 heavy (non-hydrogen) atoms. The number of ether oxygens (including phenoxy) is 1. The second kappa shape index (κ2) is 8.25. The van der Waals surface area contributed by atoms with Crippen molar-refractivity contribution in [3.63, 3.8) is 0 Å². The maximum atomic E-state index is 5.96. The summed E-state index contributed by atoms with van der Waals surface area (Å²) in [5.74, 6) is 0.939. The van der Waals surface area contributed by atoms with Crippen molar-refractivity contribution in [2.45, 2.75) is 25.9 Å². The number of rotatable bonds is 8. The smallest absolute Gasteiger partial charge is 0.123 e. The monoisotopic (exact) mass is 279 g/mol. The van der Waals surface area contributed by atoms with E-state index in [0.29, 0.717) is 0 Å². The second-order valence-corrected chi connectivity index (χ2v) is 5.75. The summed E-state index contributed by atoms with van der Waals surface area (Å²) in [6, 6.07) is 6.27. The molecule has 1 aromatic rings. The lowest BCUT2D eigenvalue weighted by Gasteiger charge is -2.20. The Morgan fingerprint density at radius 3 is 2.45 bits per heavy atom. The highest BCUT2D eigenvalue weighted by Gasteiger charge is 2.09. The Labute approximate surface area is 123 Å². The Bertz CT molecular complexity index is 405. The van der Waals surface area contributed by atoms with Gasteiger partial charge in [-0.25, -0.2) is 0 Å². The first-order chi connectivity index (χ1) is 9.43. The van der Waals surface area contributed by atoms with Gasteiger partial charge in [0.15, 0.2) is 0 Å². The summed E-state index contributed by atoms with van der Waals surface area (Å²) < 4.78 is 5.45. The molecule has 0 spiro atoms. The van der Waals surface area contributed by atoms with Gasteiger partial charge in [0, 0.05) is 18.2 Å². The van der Waals surface area contributed by atoms with Crippen molar-refractivity contribution in [3.05, 3.63) is 29.3 Å². The number of nitrogens with zero attached hydrogens (tertiary/aromatic N) is 2. The lowest BCUT2D eigenvalue weighted by Crippen LogP contribution is -2.23. The first-order valence-corrected chi connectivity index (χ1v) is 7.19. The van der Waals surface area contributed by atoms with Crippen molar-refractivity contribution in [3.8, 4) is 5.75 Å². The molecule has 0 aromatic heterocycles. The second-order valence-electron chi connectivity index (χ2n) is 5.75. The summed E-state index contributed by atoms with van der Waals surface area (Å²) in [7, 11) is 8.08. The highest BCUT2D eigenvalue weighted by atomic mass is 16.5. The quantitative estimate of drug-likeness (QED) is 0.791. The van der Waals surface area contributed by atoms with Crippen molar-refractivity contribution in [2.75, 3.05) is 41.3 Å². The fourth-order valence-electron chi connectivity index (χ4n) is 2.23. The van der Waals surface area contributed by atoms with E-state index in [1.54, 1.807) is 7.11 Å². The number of benzene rings is 1. The average molecular weight is 279 g/mol. The van der Waals surface area contributed by atoms with Crippen LogP contribution in [0.15, 0.2) is 18.2 Å². The van der Waals surface area contributed by atoms with Gasteiger partial charge in [-0.3, -0.25) is 0 Å². The topological polar surface area (TPSA) is 41.7 Å². The molecule has 1 atom stereocenters. The molecule has 0 aliphatic carbocycles. The van der Waals surface area contributed by atoms with Gasteiger partial charge in [-0.1, -0.05) is 6.07 Å². The summed E-state index contributed by atoms with van der Waals surface area (Å²) in [5, 5.41) is 0. The van der Waals surface area contributed by atoms with Gasteiger partial charge in [0.1, 0.15) is 5.75 Å². The maximum absolute atomic E-state index is 5.96. The lowest BCUT2D eigenvalue weighted by molar-refractivity contribution is 0.289. The van der Waals surface area contributed by atoms with Crippen molar-refractivity contribution < 1.29 is 4.74 Å². The van der Waals surface area contributed by atoms with Crippen LogP contribution >= 0.6 is 0 Å². The molecule has 1 unspecified atom stereocenters. The molecule has 2 N–H and O–H groups in total. The van der Waals surface area contributed by atoms with Gasteiger partial charge in [0.05, 0.1) is 7.11 Å². The van der Waals surface area contributed by atoms with Gasteiger partial charge in [-0.2, -0.15) is 0 Å². The van der Waals surface area contributed by atoms with Crippen LogP contribution in [-0.4, -0.2) is 51.1 Å². The van der Waals surface area contributed by atoms with Crippen LogP contribution in [-0.2, 0) is 6.54 Å². The Morgan fingerprint density at radius 2 is 1.90 bits per heavy atom. The van der Waals surface area contributed by atoms with E-state index in [4.69, 9.17) is 10.5 Å². The van der Waals surface area contributed by atoms with Crippen molar-refractivity contribution in [1.29, 1.82) is 0 Å². The van der Waals surface area contributed by atoms with E-state index >= 15 is 0 Å². The van der Waals surface area contributed by atoms with Gasteiger partial charge < -0.3 is 20.3 Å². The SMILES string of the molecule is COc1ccc(C(C)N)cc1CN(C)CCCN(C)C. The van der Waals surface area contributed by atoms with Crippen LogP contribution in [0.3, 0.4) is 0 Å². The van der Waals surface area contributed by atoms with Gasteiger partial charge in [0.25, 0.3) is 0 Å². The summed E-state index contributed by atoms with van der Waals surface area (Å²) in [5.41, 5.74) is 8.32. The van der Waals surface area contributed by atoms with Crippen LogP contribution in [0.4, 0.5) is 0 Å². The van der Waals surface area contributed by atoms with Crippen LogP contribution in [0.1, 0.15) is 30.5 Å². The molecule has 114 valence electrons. The highest BCUT2D eigenvalue weighted by molar-refractivity contribution is 5.38. The van der Waals surface area contributed by atoms with Crippen LogP contribution in [0.25, 0.3) is 0 Å². The van der Waals surface area contributed by atoms with Crippen molar-refractivity contribution >= 4 is 0 Å². The van der Waals surface area contributed by atoms with E-state index in [1.807, 2.05) is 19.1 Å². The van der Waals surface area contributed by atoms with Gasteiger partial charge in [0.2, 0.25) is 0 Å². The molecule has 0 aliphatic rings. The van der Waals surface area contributed by atoms with Gasteiger partial charge in [-0.05, 0) is 65.3 Å². The number of hydrogen-bond acceptors (Lipinski definition) is 4. The molecule has 0 aliphatic heterocycles. The number of nitrogens with two attached hydrogens (primary N) is 1. The fourth-order valence-corrected chi connectivity index (χ4v) is 2.23. The summed E-state index contributed by atoms with van der Waals surface area (Å²) in [6.45, 7) is 5.08. The van der Waals surface area contributed by atoms with E-state index in [0.717, 1.165) is 30.9 Å². The molecule has 4 heteroatoms. The summed E-state index contributed by atoms with van der Waals surface area (Å²) in [4.78, 5) is 4.54. The molecule has 0 saturated carbocycles. The molecular weight excluding hydrogens is 250 g/mol. The molecule has 1 rings (SSSR count). The molecule has 0 radical (unpaired) electrons. The van der Waals surface area contributed by atoms with E-state index in [2.05, 4.69) is 37.0 Å². The molecule has 0 saturated heterocycles. The summed E-state index contributed by atoms with van der Waals surface area (Å²) in [6.07, 6.45) is 1.17. The van der Waals surface area contributed by atoms with Crippen molar-refractivity contribution in [2.24, 2.45) is 5.73 Å². The Morgan fingerprint density at radius 1 is 1.20 bits per heavy atom. The highest BCUT2D eigenvalue weighted by Crippen LogP contribution is 2.23. The third-order valence-corrected chi connectivity index (χ3v) is 3.42. The third-order valence-electron chi connectivity index (χ3n) is 3.42. The minimum atomic E-state index is 0.0544. The molecule has 0 amide bonds. The predicted molar refractivity (Wildman–Crippen MR) is 85.1 cm³/mol. The standard InChI is InChI=1S/C16H29N3O/c1-13(17)14-7-8-16(20-5)15(11-14)12-19(4)10-6-9-18(2)3/h7-8,11,13H,6,9-10,12,17H2,1-5H3. The van der Waals surface area contributed by atoms with E-state index in [-0.39, 0.29) is 6.04 Å². The Hall–Kier alpha value is -1.10. The largest absolute Gasteiger partial charge is 0.496 e. The minimum Gasteiger partial charge on any atom is -0.496 e. The Kier molecular flexibility index (Phi) is 6.99. The summed E-state index contributed by atoms with van der Waals surface area (Å²) >= 11 is 0. The molecule has 4 nitrogen and oxygen atoms in total. The number of hydrogen-bond donors (Lipinski definition) is 1. The van der Waals surface area contributed by atoms with E-state index in [1.165, 1.54) is 12.0 Å². The fraction of sp³-hybridized carbons (Fsp3) is 0.625. The molecule has 1 aromatic carbocycles. The predicted octanol–water partition coefficient (Wildman–Crippen LogP) is 2.10. The third kappa shape index (κ3) is 5.49. The molecular formula is C16H29N3O. The van der Waals surface area contributed by atoms with Crippen LogP contribution < -0.4 is 10.5 Å². The minimum absolute atomic E-state index is 0.0544.